The second-order valence-corrected chi connectivity index (χ2v) is 10.4. The molecule has 0 radical (unpaired) electrons. The summed E-state index contributed by atoms with van der Waals surface area (Å²) in [6.45, 7) is 5.00. The Hall–Kier alpha value is -2.71. The molecule has 2 aliphatic rings. The van der Waals surface area contributed by atoms with Crippen molar-refractivity contribution in [1.29, 1.82) is 0 Å². The average molecular weight is 456 g/mol. The van der Waals surface area contributed by atoms with E-state index in [1.54, 1.807) is 10.4 Å². The Labute approximate surface area is 189 Å². The lowest BCUT2D eigenvalue weighted by molar-refractivity contribution is -0.384. The molecule has 8 heteroatoms. The average Bonchev–Trinajstić information content (AvgIpc) is 3.28. The number of nitrogens with zero attached hydrogens (tertiary/aromatic N) is 2. The maximum absolute atomic E-state index is 13.3. The minimum absolute atomic E-state index is 0.00226. The Morgan fingerprint density at radius 2 is 1.78 bits per heavy atom. The van der Waals surface area contributed by atoms with Crippen molar-refractivity contribution in [3.63, 3.8) is 0 Å². The Morgan fingerprint density at radius 1 is 1.09 bits per heavy atom. The highest BCUT2D eigenvalue weighted by Gasteiger charge is 2.39. The third-order valence-corrected chi connectivity index (χ3v) is 8.28. The molecule has 0 saturated carbocycles. The monoisotopic (exact) mass is 455 g/mol. The van der Waals surface area contributed by atoms with E-state index in [9.17, 15) is 18.5 Å². The predicted molar refractivity (Wildman–Crippen MR) is 125 cm³/mol. The highest BCUT2D eigenvalue weighted by Crippen LogP contribution is 2.50. The van der Waals surface area contributed by atoms with Crippen LogP contribution in [-0.2, 0) is 10.0 Å². The molecular formula is C24H29N3O4S. The fourth-order valence-corrected chi connectivity index (χ4v) is 6.53. The van der Waals surface area contributed by atoms with Gasteiger partial charge in [-0.1, -0.05) is 38.1 Å². The first kappa shape index (κ1) is 22.5. The van der Waals surface area contributed by atoms with Gasteiger partial charge in [-0.15, -0.1) is 0 Å². The van der Waals surface area contributed by atoms with Gasteiger partial charge < -0.3 is 5.32 Å². The molecule has 170 valence electrons. The lowest BCUT2D eigenvalue weighted by atomic mass is 9.77. The molecule has 0 saturated heterocycles. The van der Waals surface area contributed by atoms with E-state index in [0.717, 1.165) is 36.1 Å². The zero-order valence-corrected chi connectivity index (χ0v) is 19.2. The summed E-state index contributed by atoms with van der Waals surface area (Å²) in [6, 6.07) is 12.1. The van der Waals surface area contributed by atoms with Crippen molar-refractivity contribution in [2.75, 3.05) is 18.4 Å². The van der Waals surface area contributed by atoms with E-state index in [-0.39, 0.29) is 23.6 Å². The summed E-state index contributed by atoms with van der Waals surface area (Å²) in [5.41, 5.74) is 2.98. The van der Waals surface area contributed by atoms with E-state index in [2.05, 4.69) is 17.5 Å². The molecule has 2 aromatic rings. The molecule has 1 aliphatic carbocycles. The van der Waals surface area contributed by atoms with Gasteiger partial charge >= 0.3 is 0 Å². The van der Waals surface area contributed by atoms with Gasteiger partial charge in [0, 0.05) is 36.8 Å². The lowest BCUT2D eigenvalue weighted by Gasteiger charge is -2.37. The van der Waals surface area contributed by atoms with E-state index < -0.39 is 14.9 Å². The zero-order chi connectivity index (χ0) is 22.9. The third kappa shape index (κ3) is 4.04. The van der Waals surface area contributed by atoms with Crippen molar-refractivity contribution in [2.45, 2.75) is 50.0 Å². The molecule has 2 aromatic carbocycles. The van der Waals surface area contributed by atoms with Gasteiger partial charge in [0.1, 0.15) is 0 Å². The van der Waals surface area contributed by atoms with Gasteiger partial charge in [-0.2, -0.15) is 4.31 Å². The summed E-state index contributed by atoms with van der Waals surface area (Å²) in [7, 11) is -3.55. The molecule has 1 N–H and O–H groups in total. The van der Waals surface area contributed by atoms with Crippen LogP contribution in [0.3, 0.4) is 0 Å². The molecule has 0 fully saturated rings. The minimum Gasteiger partial charge on any atom is -0.378 e. The fraction of sp³-hybridized carbons (Fsp3) is 0.417. The van der Waals surface area contributed by atoms with Crippen molar-refractivity contribution in [3.8, 4) is 0 Å². The molecule has 7 nitrogen and oxygen atoms in total. The standard InChI is InChI=1S/C24H29N3O4S/c1-3-14-26(15-4-2)32(30,31)19-12-13-23-22(16-19)20-6-5-7-21(20)24(25-23)17-8-10-18(11-9-17)27(28)29/h5-6,8-13,16,20-21,24-25H,3-4,7,14-15H2,1-2H3. The zero-order valence-electron chi connectivity index (χ0n) is 18.4. The number of fused-ring (bicyclic) bond motifs is 3. The molecule has 1 heterocycles. The molecule has 3 atom stereocenters. The molecule has 4 rings (SSSR count). The number of sulfonamides is 1. The van der Waals surface area contributed by atoms with E-state index in [0.29, 0.717) is 18.0 Å². The van der Waals surface area contributed by atoms with Crippen LogP contribution >= 0.6 is 0 Å². The van der Waals surface area contributed by atoms with Gasteiger partial charge in [0.15, 0.2) is 0 Å². The molecule has 0 bridgehead atoms. The van der Waals surface area contributed by atoms with Crippen LogP contribution < -0.4 is 5.32 Å². The van der Waals surface area contributed by atoms with Crippen LogP contribution in [0.5, 0.6) is 0 Å². The summed E-state index contributed by atoms with van der Waals surface area (Å²) >= 11 is 0. The number of nitro groups is 1. The quantitative estimate of drug-likeness (QED) is 0.334. The van der Waals surface area contributed by atoms with Crippen molar-refractivity contribution in [3.05, 3.63) is 75.9 Å². The van der Waals surface area contributed by atoms with Crippen LogP contribution in [-0.4, -0.2) is 30.7 Å². The largest absolute Gasteiger partial charge is 0.378 e. The summed E-state index contributed by atoms with van der Waals surface area (Å²) in [6.07, 6.45) is 6.72. The van der Waals surface area contributed by atoms with Crippen LogP contribution in [0.2, 0.25) is 0 Å². The number of nitro benzene ring substituents is 1. The molecule has 0 amide bonds. The number of anilines is 1. The van der Waals surface area contributed by atoms with Crippen LogP contribution in [0.25, 0.3) is 0 Å². The summed E-state index contributed by atoms with van der Waals surface area (Å²) < 4.78 is 28.2. The number of hydrogen-bond acceptors (Lipinski definition) is 5. The minimum atomic E-state index is -3.55. The van der Waals surface area contributed by atoms with Crippen molar-refractivity contribution in [1.82, 2.24) is 4.31 Å². The number of non-ortho nitro benzene ring substituents is 1. The summed E-state index contributed by atoms with van der Waals surface area (Å²) in [4.78, 5) is 11.0. The Bertz CT molecular complexity index is 1120. The third-order valence-electron chi connectivity index (χ3n) is 6.38. The smallest absolute Gasteiger partial charge is 0.269 e. The van der Waals surface area contributed by atoms with Gasteiger partial charge in [-0.25, -0.2) is 8.42 Å². The molecule has 1 aliphatic heterocycles. The van der Waals surface area contributed by atoms with E-state index in [1.165, 1.54) is 12.1 Å². The van der Waals surface area contributed by atoms with E-state index in [4.69, 9.17) is 0 Å². The van der Waals surface area contributed by atoms with Crippen molar-refractivity contribution < 1.29 is 13.3 Å². The first-order valence-electron chi connectivity index (χ1n) is 11.2. The number of rotatable bonds is 8. The number of nitrogens with one attached hydrogen (secondary N) is 1. The second-order valence-electron chi connectivity index (χ2n) is 8.48. The molecule has 32 heavy (non-hydrogen) atoms. The topological polar surface area (TPSA) is 92.5 Å². The highest BCUT2D eigenvalue weighted by molar-refractivity contribution is 7.89. The maximum atomic E-state index is 13.3. The van der Waals surface area contributed by atoms with Crippen molar-refractivity contribution in [2.24, 2.45) is 5.92 Å². The van der Waals surface area contributed by atoms with Crippen LogP contribution in [0.15, 0.2) is 59.5 Å². The predicted octanol–water partition coefficient (Wildman–Crippen LogP) is 5.23. The SMILES string of the molecule is CCCN(CCC)S(=O)(=O)c1ccc2c(c1)C1C=CCC1C(c1ccc([N+](=O)[O-])cc1)N2. The van der Waals surface area contributed by atoms with E-state index in [1.807, 2.05) is 38.1 Å². The Balaban J connectivity index is 1.68. The number of benzene rings is 2. The summed E-state index contributed by atoms with van der Waals surface area (Å²) in [5.74, 6) is 0.330. The highest BCUT2D eigenvalue weighted by atomic mass is 32.2. The fourth-order valence-electron chi connectivity index (χ4n) is 4.87. The first-order chi connectivity index (χ1) is 15.4. The number of allylic oxidation sites excluding steroid dienone is 2. The lowest BCUT2D eigenvalue weighted by Crippen LogP contribution is -2.33. The normalized spacial score (nSPS) is 21.8. The second kappa shape index (κ2) is 9.03. The maximum Gasteiger partial charge on any atom is 0.269 e. The Kier molecular flexibility index (Phi) is 6.35. The Morgan fingerprint density at radius 3 is 2.41 bits per heavy atom. The first-order valence-corrected chi connectivity index (χ1v) is 12.6. The van der Waals surface area contributed by atoms with Crippen LogP contribution in [0, 0.1) is 16.0 Å². The van der Waals surface area contributed by atoms with Crippen LogP contribution in [0.4, 0.5) is 11.4 Å². The molecule has 3 unspecified atom stereocenters. The van der Waals surface area contributed by atoms with Gasteiger partial charge in [-0.3, -0.25) is 10.1 Å². The van der Waals surface area contributed by atoms with Gasteiger partial charge in [0.05, 0.1) is 15.9 Å². The van der Waals surface area contributed by atoms with E-state index >= 15 is 0 Å². The van der Waals surface area contributed by atoms with Gasteiger partial charge in [0.2, 0.25) is 10.0 Å². The van der Waals surface area contributed by atoms with Gasteiger partial charge in [-0.05, 0) is 54.5 Å². The van der Waals surface area contributed by atoms with Crippen molar-refractivity contribution >= 4 is 21.4 Å². The van der Waals surface area contributed by atoms with Crippen LogP contribution in [0.1, 0.15) is 56.2 Å². The molecular weight excluding hydrogens is 426 g/mol. The summed E-state index contributed by atoms with van der Waals surface area (Å²) in [5, 5.41) is 14.6. The molecule has 0 aromatic heterocycles. The van der Waals surface area contributed by atoms with Gasteiger partial charge in [0.25, 0.3) is 5.69 Å². The number of hydrogen-bond donors (Lipinski definition) is 1. The molecule has 0 spiro atoms.